The Morgan fingerprint density at radius 3 is 2.71 bits per heavy atom. The van der Waals surface area contributed by atoms with Crippen LogP contribution < -0.4 is 5.32 Å². The Balaban J connectivity index is 2.81. The maximum atomic E-state index is 13.4. The molecule has 1 aromatic carbocycles. The van der Waals surface area contributed by atoms with Crippen LogP contribution in [0.25, 0.3) is 0 Å². The van der Waals surface area contributed by atoms with Gasteiger partial charge in [-0.2, -0.15) is 11.8 Å². The molecule has 78 valence electrons. The molecule has 0 aliphatic heterocycles. The van der Waals surface area contributed by atoms with E-state index in [1.54, 1.807) is 17.8 Å². The second kappa shape index (κ2) is 6.04. The Labute approximate surface area is 89.1 Å². The van der Waals surface area contributed by atoms with E-state index in [2.05, 4.69) is 5.32 Å². The van der Waals surface area contributed by atoms with Crippen molar-refractivity contribution in [1.29, 1.82) is 0 Å². The SMILES string of the molecule is CCNC(CSC)c1ccccc1F. The minimum atomic E-state index is -0.118. The van der Waals surface area contributed by atoms with Crippen LogP contribution in [0.5, 0.6) is 0 Å². The van der Waals surface area contributed by atoms with Gasteiger partial charge >= 0.3 is 0 Å². The molecule has 0 saturated heterocycles. The van der Waals surface area contributed by atoms with Gasteiger partial charge in [-0.1, -0.05) is 25.1 Å². The second-order valence-electron chi connectivity index (χ2n) is 3.09. The lowest BCUT2D eigenvalue weighted by atomic mass is 10.1. The number of nitrogens with one attached hydrogen (secondary N) is 1. The molecule has 0 fully saturated rings. The van der Waals surface area contributed by atoms with Crippen LogP contribution in [0.3, 0.4) is 0 Å². The van der Waals surface area contributed by atoms with Crippen LogP contribution in [-0.2, 0) is 0 Å². The lowest BCUT2D eigenvalue weighted by molar-refractivity contribution is 0.546. The molecule has 1 N–H and O–H groups in total. The molecule has 3 heteroatoms. The number of rotatable bonds is 5. The first-order valence-electron chi connectivity index (χ1n) is 4.76. The first-order valence-corrected chi connectivity index (χ1v) is 6.15. The largest absolute Gasteiger partial charge is 0.309 e. The summed E-state index contributed by atoms with van der Waals surface area (Å²) in [5.41, 5.74) is 0.767. The van der Waals surface area contributed by atoms with E-state index in [0.717, 1.165) is 17.9 Å². The smallest absolute Gasteiger partial charge is 0.128 e. The molecule has 0 aromatic heterocycles. The van der Waals surface area contributed by atoms with Gasteiger partial charge in [0.1, 0.15) is 5.82 Å². The van der Waals surface area contributed by atoms with Crippen molar-refractivity contribution in [3.05, 3.63) is 35.6 Å². The van der Waals surface area contributed by atoms with Gasteiger partial charge in [-0.15, -0.1) is 0 Å². The van der Waals surface area contributed by atoms with Crippen LogP contribution in [0.4, 0.5) is 4.39 Å². The highest BCUT2D eigenvalue weighted by atomic mass is 32.2. The van der Waals surface area contributed by atoms with Crippen LogP contribution >= 0.6 is 11.8 Å². The van der Waals surface area contributed by atoms with Crippen LogP contribution in [0.2, 0.25) is 0 Å². The molecule has 1 atom stereocenters. The van der Waals surface area contributed by atoms with Gasteiger partial charge in [-0.3, -0.25) is 0 Å². The predicted molar refractivity (Wildman–Crippen MR) is 61.2 cm³/mol. The monoisotopic (exact) mass is 213 g/mol. The predicted octanol–water partition coefficient (Wildman–Crippen LogP) is 2.84. The third kappa shape index (κ3) is 3.00. The van der Waals surface area contributed by atoms with Gasteiger partial charge in [-0.05, 0) is 18.9 Å². The van der Waals surface area contributed by atoms with Crippen LogP contribution in [0.15, 0.2) is 24.3 Å². The summed E-state index contributed by atoms with van der Waals surface area (Å²) in [4.78, 5) is 0. The molecular formula is C11H16FNS. The fourth-order valence-electron chi connectivity index (χ4n) is 1.43. The van der Waals surface area contributed by atoms with E-state index < -0.39 is 0 Å². The number of hydrogen-bond acceptors (Lipinski definition) is 2. The van der Waals surface area contributed by atoms with Crippen molar-refractivity contribution in [1.82, 2.24) is 5.32 Å². The van der Waals surface area contributed by atoms with E-state index >= 15 is 0 Å². The molecule has 0 amide bonds. The fraction of sp³-hybridized carbons (Fsp3) is 0.455. The summed E-state index contributed by atoms with van der Waals surface area (Å²) >= 11 is 1.72. The Kier molecular flexibility index (Phi) is 4.98. The van der Waals surface area contributed by atoms with Crippen LogP contribution in [0.1, 0.15) is 18.5 Å². The van der Waals surface area contributed by atoms with E-state index in [9.17, 15) is 4.39 Å². The topological polar surface area (TPSA) is 12.0 Å². The Morgan fingerprint density at radius 1 is 1.43 bits per heavy atom. The summed E-state index contributed by atoms with van der Waals surface area (Å²) in [5, 5.41) is 3.28. The quantitative estimate of drug-likeness (QED) is 0.807. The van der Waals surface area contributed by atoms with E-state index in [0.29, 0.717) is 0 Å². The standard InChI is InChI=1S/C11H16FNS/c1-3-13-11(8-14-2)9-6-4-5-7-10(9)12/h4-7,11,13H,3,8H2,1-2H3. The van der Waals surface area contributed by atoms with Gasteiger partial charge < -0.3 is 5.32 Å². The zero-order valence-electron chi connectivity index (χ0n) is 8.59. The molecule has 1 aromatic rings. The van der Waals surface area contributed by atoms with Crippen molar-refractivity contribution < 1.29 is 4.39 Å². The van der Waals surface area contributed by atoms with Gasteiger partial charge in [0.25, 0.3) is 0 Å². The second-order valence-corrected chi connectivity index (χ2v) is 4.00. The highest BCUT2D eigenvalue weighted by Gasteiger charge is 2.12. The van der Waals surface area contributed by atoms with Gasteiger partial charge in [0.15, 0.2) is 0 Å². The third-order valence-corrected chi connectivity index (χ3v) is 2.73. The summed E-state index contributed by atoms with van der Waals surface area (Å²) in [6.45, 7) is 2.90. The normalized spacial score (nSPS) is 12.8. The van der Waals surface area contributed by atoms with Gasteiger partial charge in [0, 0.05) is 17.4 Å². The number of thioether (sulfide) groups is 1. The van der Waals surface area contributed by atoms with Crippen molar-refractivity contribution >= 4 is 11.8 Å². The van der Waals surface area contributed by atoms with E-state index in [1.807, 2.05) is 25.3 Å². The van der Waals surface area contributed by atoms with E-state index in [1.165, 1.54) is 6.07 Å². The van der Waals surface area contributed by atoms with Crippen molar-refractivity contribution in [3.63, 3.8) is 0 Å². The summed E-state index contributed by atoms with van der Waals surface area (Å²) in [5.74, 6) is 0.780. The fourth-order valence-corrected chi connectivity index (χ4v) is 2.06. The van der Waals surface area contributed by atoms with Crippen molar-refractivity contribution in [3.8, 4) is 0 Å². The molecule has 0 radical (unpaired) electrons. The van der Waals surface area contributed by atoms with Crippen molar-refractivity contribution in [2.75, 3.05) is 18.6 Å². The number of hydrogen-bond donors (Lipinski definition) is 1. The molecule has 1 unspecified atom stereocenters. The van der Waals surface area contributed by atoms with Gasteiger partial charge in [-0.25, -0.2) is 4.39 Å². The third-order valence-electron chi connectivity index (χ3n) is 2.06. The molecular weight excluding hydrogens is 197 g/mol. The molecule has 0 heterocycles. The number of halogens is 1. The molecule has 0 aliphatic rings. The van der Waals surface area contributed by atoms with Crippen molar-refractivity contribution in [2.45, 2.75) is 13.0 Å². The average molecular weight is 213 g/mol. The van der Waals surface area contributed by atoms with E-state index in [-0.39, 0.29) is 11.9 Å². The summed E-state index contributed by atoms with van der Waals surface area (Å²) in [6.07, 6.45) is 2.03. The van der Waals surface area contributed by atoms with Crippen LogP contribution in [0, 0.1) is 5.82 Å². The highest BCUT2D eigenvalue weighted by molar-refractivity contribution is 7.98. The Bertz CT molecular complexity index is 272. The Hall–Kier alpha value is -0.540. The maximum Gasteiger partial charge on any atom is 0.128 e. The molecule has 0 bridgehead atoms. The number of benzene rings is 1. The van der Waals surface area contributed by atoms with Crippen molar-refractivity contribution in [2.24, 2.45) is 0 Å². The lowest BCUT2D eigenvalue weighted by Gasteiger charge is -2.17. The summed E-state index contributed by atoms with van der Waals surface area (Å²) in [6, 6.07) is 7.08. The van der Waals surface area contributed by atoms with Crippen LogP contribution in [-0.4, -0.2) is 18.6 Å². The highest BCUT2D eigenvalue weighted by Crippen LogP contribution is 2.19. The molecule has 0 aliphatic carbocycles. The first kappa shape index (κ1) is 11.5. The zero-order valence-corrected chi connectivity index (χ0v) is 9.40. The summed E-state index contributed by atoms with van der Waals surface area (Å²) in [7, 11) is 0. The minimum absolute atomic E-state index is 0.118. The molecule has 14 heavy (non-hydrogen) atoms. The molecule has 1 rings (SSSR count). The molecule has 0 saturated carbocycles. The maximum absolute atomic E-state index is 13.4. The molecule has 0 spiro atoms. The lowest BCUT2D eigenvalue weighted by Crippen LogP contribution is -2.23. The molecule has 1 nitrogen and oxygen atoms in total. The van der Waals surface area contributed by atoms with E-state index in [4.69, 9.17) is 0 Å². The average Bonchev–Trinajstić information content (AvgIpc) is 2.18. The Morgan fingerprint density at radius 2 is 2.14 bits per heavy atom. The van der Waals surface area contributed by atoms with Gasteiger partial charge in [0.05, 0.1) is 0 Å². The first-order chi connectivity index (χ1) is 6.79. The minimum Gasteiger partial charge on any atom is -0.309 e. The zero-order chi connectivity index (χ0) is 10.4. The van der Waals surface area contributed by atoms with Gasteiger partial charge in [0.2, 0.25) is 0 Å². The summed E-state index contributed by atoms with van der Waals surface area (Å²) < 4.78 is 13.4.